The summed E-state index contributed by atoms with van der Waals surface area (Å²) in [5.41, 5.74) is 0.613. The molecule has 0 aliphatic rings. The summed E-state index contributed by atoms with van der Waals surface area (Å²) in [5, 5.41) is 9.46. The molecule has 1 atom stereocenters. The highest BCUT2D eigenvalue weighted by Gasteiger charge is 2.21. The van der Waals surface area contributed by atoms with Crippen LogP contribution in [0.4, 0.5) is 0 Å². The molecule has 0 fully saturated rings. The van der Waals surface area contributed by atoms with Crippen molar-refractivity contribution in [1.29, 1.82) is 0 Å². The van der Waals surface area contributed by atoms with Crippen LogP contribution in [0.25, 0.3) is 0 Å². The van der Waals surface area contributed by atoms with E-state index in [9.17, 15) is 8.42 Å². The number of halogens is 1. The third-order valence-electron chi connectivity index (χ3n) is 2.56. The van der Waals surface area contributed by atoms with E-state index in [1.807, 2.05) is 0 Å². The minimum atomic E-state index is -3.57. The first-order valence-corrected chi connectivity index (χ1v) is 7.33. The molecule has 0 saturated carbocycles. The van der Waals surface area contributed by atoms with Gasteiger partial charge in [-0.1, -0.05) is 11.6 Å². The fraction of sp³-hybridized carbons (Fsp3) is 0.545. The SMILES string of the molecule is Cc1cc(S(=O)(=O)N(C)CCC(C)O)cnc1Cl. The third-order valence-corrected chi connectivity index (χ3v) is 4.78. The lowest BCUT2D eigenvalue weighted by Gasteiger charge is -2.18. The van der Waals surface area contributed by atoms with E-state index in [1.54, 1.807) is 13.8 Å². The lowest BCUT2D eigenvalue weighted by atomic mass is 10.3. The number of hydrogen-bond acceptors (Lipinski definition) is 4. The molecule has 7 heteroatoms. The second-order valence-electron chi connectivity index (χ2n) is 4.24. The van der Waals surface area contributed by atoms with Crippen molar-refractivity contribution in [2.75, 3.05) is 13.6 Å². The number of pyridine rings is 1. The van der Waals surface area contributed by atoms with Gasteiger partial charge in [0, 0.05) is 19.8 Å². The maximum atomic E-state index is 12.2. The maximum absolute atomic E-state index is 12.2. The minimum absolute atomic E-state index is 0.109. The molecule has 0 bridgehead atoms. The Bertz CT molecular complexity index is 517. The quantitative estimate of drug-likeness (QED) is 0.834. The molecule has 0 saturated heterocycles. The zero-order valence-electron chi connectivity index (χ0n) is 10.6. The summed E-state index contributed by atoms with van der Waals surface area (Å²) < 4.78 is 25.5. The van der Waals surface area contributed by atoms with Crippen LogP contribution < -0.4 is 0 Å². The van der Waals surface area contributed by atoms with Gasteiger partial charge in [-0.25, -0.2) is 17.7 Å². The lowest BCUT2D eigenvalue weighted by molar-refractivity contribution is 0.177. The van der Waals surface area contributed by atoms with Crippen LogP contribution >= 0.6 is 11.6 Å². The van der Waals surface area contributed by atoms with Crippen LogP contribution in [0.1, 0.15) is 18.9 Å². The molecule has 18 heavy (non-hydrogen) atoms. The maximum Gasteiger partial charge on any atom is 0.244 e. The molecule has 1 unspecified atom stereocenters. The van der Waals surface area contributed by atoms with Gasteiger partial charge in [0.15, 0.2) is 0 Å². The van der Waals surface area contributed by atoms with Gasteiger partial charge in [0.05, 0.1) is 6.10 Å². The van der Waals surface area contributed by atoms with Crippen LogP contribution in [0.2, 0.25) is 5.15 Å². The number of aromatic nitrogens is 1. The number of hydrogen-bond donors (Lipinski definition) is 1. The van der Waals surface area contributed by atoms with E-state index in [1.165, 1.54) is 23.6 Å². The molecule has 0 amide bonds. The highest BCUT2D eigenvalue weighted by Crippen LogP contribution is 2.19. The number of nitrogens with zero attached hydrogens (tertiary/aromatic N) is 2. The first kappa shape index (κ1) is 15.4. The molecule has 1 heterocycles. The molecule has 0 aliphatic carbocycles. The van der Waals surface area contributed by atoms with Gasteiger partial charge >= 0.3 is 0 Å². The van der Waals surface area contributed by atoms with Gasteiger partial charge in [-0.2, -0.15) is 0 Å². The Morgan fingerprint density at radius 2 is 2.17 bits per heavy atom. The van der Waals surface area contributed by atoms with Crippen molar-refractivity contribution in [1.82, 2.24) is 9.29 Å². The van der Waals surface area contributed by atoms with Crippen molar-refractivity contribution in [3.8, 4) is 0 Å². The Morgan fingerprint density at radius 1 is 1.56 bits per heavy atom. The van der Waals surface area contributed by atoms with Gasteiger partial charge in [-0.05, 0) is 31.9 Å². The zero-order valence-corrected chi connectivity index (χ0v) is 12.2. The standard InChI is InChI=1S/C11H17ClN2O3S/c1-8-6-10(7-13-11(8)12)18(16,17)14(3)5-4-9(2)15/h6-7,9,15H,4-5H2,1-3H3. The molecule has 5 nitrogen and oxygen atoms in total. The van der Waals surface area contributed by atoms with Crippen molar-refractivity contribution in [3.05, 3.63) is 23.0 Å². The Labute approximate surface area is 112 Å². The second-order valence-corrected chi connectivity index (χ2v) is 6.65. The van der Waals surface area contributed by atoms with Crippen LogP contribution in [-0.4, -0.2) is 42.5 Å². The summed E-state index contributed by atoms with van der Waals surface area (Å²) >= 11 is 5.76. The van der Waals surface area contributed by atoms with Gasteiger partial charge in [-0.3, -0.25) is 0 Å². The van der Waals surface area contributed by atoms with Crippen LogP contribution in [0, 0.1) is 6.92 Å². The van der Waals surface area contributed by atoms with Crippen LogP contribution in [0.3, 0.4) is 0 Å². The monoisotopic (exact) mass is 292 g/mol. The summed E-state index contributed by atoms with van der Waals surface area (Å²) in [6.07, 6.45) is 1.09. The van der Waals surface area contributed by atoms with E-state index in [0.29, 0.717) is 17.1 Å². The molecule has 1 rings (SSSR count). The summed E-state index contributed by atoms with van der Waals surface area (Å²) in [4.78, 5) is 3.94. The number of sulfonamides is 1. The number of aliphatic hydroxyl groups is 1. The molecular formula is C11H17ClN2O3S. The molecule has 102 valence electrons. The Hall–Kier alpha value is -0.690. The van der Waals surface area contributed by atoms with Crippen molar-refractivity contribution in [2.24, 2.45) is 0 Å². The molecule has 0 aliphatic heterocycles. The highest BCUT2D eigenvalue weighted by molar-refractivity contribution is 7.89. The second kappa shape index (κ2) is 5.97. The van der Waals surface area contributed by atoms with Gasteiger partial charge < -0.3 is 5.11 Å². The molecule has 0 spiro atoms. The number of rotatable bonds is 5. The fourth-order valence-electron chi connectivity index (χ4n) is 1.34. The van der Waals surface area contributed by atoms with Crippen LogP contribution in [-0.2, 0) is 10.0 Å². The average molecular weight is 293 g/mol. The summed E-state index contributed by atoms with van der Waals surface area (Å²) in [6.45, 7) is 3.57. The topological polar surface area (TPSA) is 70.5 Å². The van der Waals surface area contributed by atoms with E-state index in [-0.39, 0.29) is 11.4 Å². The van der Waals surface area contributed by atoms with Crippen LogP contribution in [0.5, 0.6) is 0 Å². The molecular weight excluding hydrogens is 276 g/mol. The van der Waals surface area contributed by atoms with Gasteiger partial charge in [-0.15, -0.1) is 0 Å². The largest absolute Gasteiger partial charge is 0.393 e. The van der Waals surface area contributed by atoms with Crippen molar-refractivity contribution >= 4 is 21.6 Å². The van der Waals surface area contributed by atoms with Crippen molar-refractivity contribution < 1.29 is 13.5 Å². The predicted molar refractivity (Wildman–Crippen MR) is 70.1 cm³/mol. The summed E-state index contributed by atoms with van der Waals surface area (Å²) in [5.74, 6) is 0. The van der Waals surface area contributed by atoms with Gasteiger partial charge in [0.25, 0.3) is 0 Å². The highest BCUT2D eigenvalue weighted by atomic mass is 35.5. The van der Waals surface area contributed by atoms with Gasteiger partial charge in [0.2, 0.25) is 10.0 Å². The van der Waals surface area contributed by atoms with E-state index in [4.69, 9.17) is 16.7 Å². The average Bonchev–Trinajstić information content (AvgIpc) is 2.29. The van der Waals surface area contributed by atoms with E-state index >= 15 is 0 Å². The van der Waals surface area contributed by atoms with Crippen LogP contribution in [0.15, 0.2) is 17.2 Å². The van der Waals surface area contributed by atoms with E-state index < -0.39 is 16.1 Å². The molecule has 0 radical (unpaired) electrons. The lowest BCUT2D eigenvalue weighted by Crippen LogP contribution is -2.29. The number of aryl methyl sites for hydroxylation is 1. The zero-order chi connectivity index (χ0) is 13.9. The fourth-order valence-corrected chi connectivity index (χ4v) is 2.66. The van der Waals surface area contributed by atoms with Gasteiger partial charge in [0.1, 0.15) is 10.0 Å². The predicted octanol–water partition coefficient (Wildman–Crippen LogP) is 1.43. The van der Waals surface area contributed by atoms with Crippen molar-refractivity contribution in [3.63, 3.8) is 0 Å². The first-order valence-electron chi connectivity index (χ1n) is 5.51. The summed E-state index contributed by atoms with van der Waals surface area (Å²) in [7, 11) is -2.10. The van der Waals surface area contributed by atoms with E-state index in [0.717, 1.165) is 0 Å². The Morgan fingerprint density at radius 3 is 2.67 bits per heavy atom. The third kappa shape index (κ3) is 3.65. The smallest absolute Gasteiger partial charge is 0.244 e. The molecule has 0 aromatic carbocycles. The first-order chi connectivity index (χ1) is 8.25. The number of aliphatic hydroxyl groups excluding tert-OH is 1. The minimum Gasteiger partial charge on any atom is -0.393 e. The van der Waals surface area contributed by atoms with E-state index in [2.05, 4.69) is 4.98 Å². The normalized spacial score (nSPS) is 13.9. The summed E-state index contributed by atoms with van der Waals surface area (Å²) in [6, 6.07) is 1.49. The Kier molecular flexibility index (Phi) is 5.10. The molecule has 1 aromatic rings. The Balaban J connectivity index is 2.95. The molecule has 1 N–H and O–H groups in total. The molecule has 1 aromatic heterocycles. The van der Waals surface area contributed by atoms with Crippen molar-refractivity contribution in [2.45, 2.75) is 31.3 Å².